The number of hydrazone groups is 1. The number of benzene rings is 2. The molecule has 0 saturated heterocycles. The first kappa shape index (κ1) is 15.6. The normalized spacial score (nSPS) is 11.5. The number of hydrogen-bond donors (Lipinski definition) is 3. The van der Waals surface area contributed by atoms with Gasteiger partial charge in [-0.15, -0.1) is 0 Å². The van der Waals surface area contributed by atoms with Crippen LogP contribution < -0.4 is 9.57 Å². The fourth-order valence-corrected chi connectivity index (χ4v) is 2.39. The molecule has 0 aliphatic heterocycles. The van der Waals surface area contributed by atoms with E-state index >= 15 is 0 Å². The van der Waals surface area contributed by atoms with Gasteiger partial charge in [-0.3, -0.25) is 0 Å². The summed E-state index contributed by atoms with van der Waals surface area (Å²) in [6.45, 7) is 0. The van der Waals surface area contributed by atoms with E-state index in [4.69, 9.17) is 4.74 Å². The summed E-state index contributed by atoms with van der Waals surface area (Å²) in [5, 5.41) is 22.1. The van der Waals surface area contributed by atoms with Crippen LogP contribution in [0.2, 0.25) is 0 Å². The van der Waals surface area contributed by atoms with Crippen LogP contribution in [0.15, 0.2) is 52.5 Å². The van der Waals surface area contributed by atoms with Crippen LogP contribution in [0, 0.1) is 0 Å². The van der Waals surface area contributed by atoms with E-state index < -0.39 is 10.0 Å². The van der Waals surface area contributed by atoms with Gasteiger partial charge in [-0.1, -0.05) is 0 Å². The number of rotatable bonds is 5. The molecule has 0 fully saturated rings. The molecule has 0 aromatic heterocycles. The standard InChI is InChI=1S/C14H14N2O5S/c1-21-11-3-5-12(6-4-11)22(19,20)16-15-9-10-2-7-13(17)14(18)8-10/h2-9,16-18H,1H3. The van der Waals surface area contributed by atoms with Crippen molar-refractivity contribution in [2.75, 3.05) is 7.11 Å². The summed E-state index contributed by atoms with van der Waals surface area (Å²) in [6.07, 6.45) is 1.21. The summed E-state index contributed by atoms with van der Waals surface area (Å²) >= 11 is 0. The predicted octanol–water partition coefficient (Wildman–Crippen LogP) is 1.42. The van der Waals surface area contributed by atoms with Crippen LogP contribution in [0.4, 0.5) is 0 Å². The number of phenolic OH excluding ortho intramolecular Hbond substituents is 2. The number of nitrogens with zero attached hydrogens (tertiary/aromatic N) is 1. The SMILES string of the molecule is COc1ccc(S(=O)(=O)NN=Cc2ccc(O)c(O)c2)cc1. The van der Waals surface area contributed by atoms with E-state index in [0.29, 0.717) is 11.3 Å². The number of methoxy groups -OCH3 is 1. The van der Waals surface area contributed by atoms with Gasteiger partial charge in [-0.2, -0.15) is 13.5 Å². The lowest BCUT2D eigenvalue weighted by molar-refractivity contribution is 0.403. The first-order valence-electron chi connectivity index (χ1n) is 6.13. The Morgan fingerprint density at radius 1 is 1.09 bits per heavy atom. The summed E-state index contributed by atoms with van der Waals surface area (Å²) in [7, 11) is -2.30. The van der Waals surface area contributed by atoms with Crippen LogP contribution >= 0.6 is 0 Å². The zero-order chi connectivity index (χ0) is 16.2. The number of nitrogens with one attached hydrogen (secondary N) is 1. The van der Waals surface area contributed by atoms with E-state index in [1.165, 1.54) is 55.8 Å². The molecule has 2 rings (SSSR count). The molecule has 0 amide bonds. The molecular formula is C14H14N2O5S. The summed E-state index contributed by atoms with van der Waals surface area (Å²) in [5.74, 6) is -0.0417. The van der Waals surface area contributed by atoms with Crippen molar-refractivity contribution in [3.8, 4) is 17.2 Å². The van der Waals surface area contributed by atoms with Crippen molar-refractivity contribution in [2.24, 2.45) is 5.10 Å². The Balaban J connectivity index is 2.11. The van der Waals surface area contributed by atoms with Gasteiger partial charge in [0.15, 0.2) is 11.5 Å². The third-order valence-corrected chi connectivity index (χ3v) is 3.99. The fraction of sp³-hybridized carbons (Fsp3) is 0.0714. The Kier molecular flexibility index (Phi) is 4.52. The van der Waals surface area contributed by atoms with E-state index in [2.05, 4.69) is 9.93 Å². The molecule has 2 aromatic rings. The maximum atomic E-state index is 12.0. The molecule has 3 N–H and O–H groups in total. The molecule has 0 unspecified atom stereocenters. The Labute approximate surface area is 127 Å². The second kappa shape index (κ2) is 6.35. The molecule has 0 heterocycles. The van der Waals surface area contributed by atoms with Crippen LogP contribution in [0.5, 0.6) is 17.2 Å². The molecule has 2 aromatic carbocycles. The molecule has 22 heavy (non-hydrogen) atoms. The molecule has 0 aliphatic rings. The van der Waals surface area contributed by atoms with Gasteiger partial charge in [0.05, 0.1) is 18.2 Å². The van der Waals surface area contributed by atoms with Crippen molar-refractivity contribution < 1.29 is 23.4 Å². The lowest BCUT2D eigenvalue weighted by Gasteiger charge is -2.04. The van der Waals surface area contributed by atoms with Crippen molar-refractivity contribution in [1.82, 2.24) is 4.83 Å². The lowest BCUT2D eigenvalue weighted by atomic mass is 10.2. The van der Waals surface area contributed by atoms with Gasteiger partial charge in [0.2, 0.25) is 0 Å². The summed E-state index contributed by atoms with van der Waals surface area (Å²) in [5.41, 5.74) is 0.424. The number of sulfonamides is 1. The van der Waals surface area contributed by atoms with Gasteiger partial charge in [0.25, 0.3) is 10.0 Å². The minimum atomic E-state index is -3.79. The summed E-state index contributed by atoms with van der Waals surface area (Å²) in [4.78, 5) is 2.09. The quantitative estimate of drug-likeness (QED) is 0.438. The van der Waals surface area contributed by atoms with E-state index in [1.54, 1.807) is 0 Å². The highest BCUT2D eigenvalue weighted by Gasteiger charge is 2.12. The highest BCUT2D eigenvalue weighted by atomic mass is 32.2. The topological polar surface area (TPSA) is 108 Å². The first-order chi connectivity index (χ1) is 10.4. The lowest BCUT2D eigenvalue weighted by Crippen LogP contribution is -2.18. The minimum absolute atomic E-state index is 0.0407. The van der Waals surface area contributed by atoms with Crippen molar-refractivity contribution in [2.45, 2.75) is 4.90 Å². The van der Waals surface area contributed by atoms with Gasteiger partial charge < -0.3 is 14.9 Å². The largest absolute Gasteiger partial charge is 0.504 e. The van der Waals surface area contributed by atoms with E-state index in [1.807, 2.05) is 0 Å². The molecule has 0 atom stereocenters. The fourth-order valence-electron chi connectivity index (χ4n) is 1.60. The van der Waals surface area contributed by atoms with Crippen LogP contribution in [0.25, 0.3) is 0 Å². The molecular weight excluding hydrogens is 308 g/mol. The van der Waals surface area contributed by atoms with Crippen molar-refractivity contribution in [1.29, 1.82) is 0 Å². The van der Waals surface area contributed by atoms with Gasteiger partial charge in [-0.05, 0) is 48.0 Å². The Hall–Kier alpha value is -2.74. The summed E-state index contributed by atoms with van der Waals surface area (Å²) in [6, 6.07) is 9.83. The average Bonchev–Trinajstić information content (AvgIpc) is 2.51. The van der Waals surface area contributed by atoms with Gasteiger partial charge >= 0.3 is 0 Å². The second-order valence-electron chi connectivity index (χ2n) is 4.28. The summed E-state index contributed by atoms with van der Waals surface area (Å²) < 4.78 is 28.9. The monoisotopic (exact) mass is 322 g/mol. The molecule has 116 valence electrons. The second-order valence-corrected chi connectivity index (χ2v) is 5.94. The van der Waals surface area contributed by atoms with E-state index in [9.17, 15) is 18.6 Å². The maximum absolute atomic E-state index is 12.0. The number of phenols is 2. The Bertz CT molecular complexity index is 785. The highest BCUT2D eigenvalue weighted by Crippen LogP contribution is 2.24. The third-order valence-electron chi connectivity index (χ3n) is 2.76. The number of hydrogen-bond acceptors (Lipinski definition) is 6. The van der Waals surface area contributed by atoms with Crippen LogP contribution in [0.3, 0.4) is 0 Å². The van der Waals surface area contributed by atoms with E-state index in [-0.39, 0.29) is 16.4 Å². The van der Waals surface area contributed by atoms with E-state index in [0.717, 1.165) is 0 Å². The van der Waals surface area contributed by atoms with Crippen molar-refractivity contribution in [3.05, 3.63) is 48.0 Å². The first-order valence-corrected chi connectivity index (χ1v) is 7.61. The van der Waals surface area contributed by atoms with Crippen molar-refractivity contribution in [3.63, 3.8) is 0 Å². The van der Waals surface area contributed by atoms with Crippen LogP contribution in [0.1, 0.15) is 5.56 Å². The van der Waals surface area contributed by atoms with Gasteiger partial charge in [-0.25, -0.2) is 4.83 Å². The maximum Gasteiger partial charge on any atom is 0.276 e. The van der Waals surface area contributed by atoms with Gasteiger partial charge in [0, 0.05) is 0 Å². The van der Waals surface area contributed by atoms with Crippen LogP contribution in [-0.2, 0) is 10.0 Å². The Morgan fingerprint density at radius 2 is 1.77 bits per heavy atom. The Morgan fingerprint density at radius 3 is 2.36 bits per heavy atom. The number of ether oxygens (including phenoxy) is 1. The molecule has 0 radical (unpaired) electrons. The smallest absolute Gasteiger partial charge is 0.276 e. The third kappa shape index (κ3) is 3.67. The van der Waals surface area contributed by atoms with Crippen LogP contribution in [-0.4, -0.2) is 32.0 Å². The molecule has 0 saturated carbocycles. The molecule has 8 heteroatoms. The zero-order valence-corrected chi connectivity index (χ0v) is 12.4. The molecule has 0 spiro atoms. The van der Waals surface area contributed by atoms with Gasteiger partial charge in [0.1, 0.15) is 5.75 Å². The average molecular weight is 322 g/mol. The highest BCUT2D eigenvalue weighted by molar-refractivity contribution is 7.89. The minimum Gasteiger partial charge on any atom is -0.504 e. The number of aromatic hydroxyl groups is 2. The molecule has 7 nitrogen and oxygen atoms in total. The molecule has 0 bridgehead atoms. The predicted molar refractivity (Wildman–Crippen MR) is 80.7 cm³/mol. The van der Waals surface area contributed by atoms with Crippen molar-refractivity contribution >= 4 is 16.2 Å². The molecule has 0 aliphatic carbocycles. The zero-order valence-electron chi connectivity index (χ0n) is 11.6.